The Bertz CT molecular complexity index is 310. The molecular formula is C11H16Br2S. The smallest absolute Gasteiger partial charge is 0.0505 e. The normalized spacial score (nSPS) is 14.4. The van der Waals surface area contributed by atoms with Crippen molar-refractivity contribution in [3.05, 3.63) is 20.3 Å². The number of halogens is 2. The first kappa shape index (κ1) is 12.7. The second-order valence-corrected chi connectivity index (χ2v) is 8.05. The molecule has 80 valence electrons. The molecule has 0 amide bonds. The van der Waals surface area contributed by atoms with Gasteiger partial charge in [0.15, 0.2) is 0 Å². The van der Waals surface area contributed by atoms with E-state index in [2.05, 4.69) is 65.6 Å². The van der Waals surface area contributed by atoms with Crippen molar-refractivity contribution in [2.75, 3.05) is 0 Å². The summed E-state index contributed by atoms with van der Waals surface area (Å²) in [6.45, 7) is 8.97. The lowest BCUT2D eigenvalue weighted by atomic mass is 9.90. The standard InChI is InChI=1S/C11H16Br2S/c1-7-5-8(12)10(14-7)9(13)6-11(2,3)4/h5,9H,6H2,1-4H3. The van der Waals surface area contributed by atoms with Gasteiger partial charge < -0.3 is 0 Å². The maximum Gasteiger partial charge on any atom is 0.0505 e. The van der Waals surface area contributed by atoms with E-state index in [1.807, 2.05) is 11.3 Å². The van der Waals surface area contributed by atoms with Gasteiger partial charge in [-0.25, -0.2) is 0 Å². The lowest BCUT2D eigenvalue weighted by Gasteiger charge is -2.21. The summed E-state index contributed by atoms with van der Waals surface area (Å²) in [5, 5.41) is 0. The maximum atomic E-state index is 3.77. The third-order valence-corrected chi connectivity index (χ3v) is 5.08. The van der Waals surface area contributed by atoms with Crippen molar-refractivity contribution in [2.45, 2.75) is 38.9 Å². The number of thiophene rings is 1. The van der Waals surface area contributed by atoms with E-state index in [4.69, 9.17) is 0 Å². The molecule has 0 saturated heterocycles. The average Bonchev–Trinajstić information content (AvgIpc) is 2.26. The second kappa shape index (κ2) is 4.67. The molecule has 0 N–H and O–H groups in total. The molecule has 3 heteroatoms. The van der Waals surface area contributed by atoms with Crippen molar-refractivity contribution in [3.8, 4) is 0 Å². The highest BCUT2D eigenvalue weighted by molar-refractivity contribution is 9.11. The lowest BCUT2D eigenvalue weighted by Crippen LogP contribution is -2.07. The van der Waals surface area contributed by atoms with Crippen LogP contribution in [0.4, 0.5) is 0 Å². The molecule has 0 fully saturated rings. The summed E-state index contributed by atoms with van der Waals surface area (Å²) in [5.41, 5.74) is 0.367. The van der Waals surface area contributed by atoms with E-state index in [1.165, 1.54) is 14.2 Å². The predicted molar refractivity (Wildman–Crippen MR) is 72.5 cm³/mol. The quantitative estimate of drug-likeness (QED) is 0.607. The Hall–Kier alpha value is 0.660. The van der Waals surface area contributed by atoms with Gasteiger partial charge in [0, 0.05) is 14.2 Å². The first-order valence-electron chi connectivity index (χ1n) is 4.69. The molecule has 1 rings (SSSR count). The van der Waals surface area contributed by atoms with E-state index >= 15 is 0 Å². The number of hydrogen-bond acceptors (Lipinski definition) is 1. The highest BCUT2D eigenvalue weighted by Gasteiger charge is 2.21. The maximum absolute atomic E-state index is 3.77. The van der Waals surface area contributed by atoms with E-state index < -0.39 is 0 Å². The van der Waals surface area contributed by atoms with Gasteiger partial charge in [-0.15, -0.1) is 11.3 Å². The molecule has 0 saturated carbocycles. The Kier molecular flexibility index (Phi) is 4.24. The van der Waals surface area contributed by atoms with Crippen molar-refractivity contribution < 1.29 is 0 Å². The van der Waals surface area contributed by atoms with E-state index in [1.54, 1.807) is 0 Å². The molecule has 1 atom stereocenters. The van der Waals surface area contributed by atoms with Crippen LogP contribution in [0.25, 0.3) is 0 Å². The van der Waals surface area contributed by atoms with Gasteiger partial charge in [0.2, 0.25) is 0 Å². The van der Waals surface area contributed by atoms with Crippen LogP contribution in [-0.4, -0.2) is 0 Å². The number of hydrogen-bond donors (Lipinski definition) is 0. The molecule has 0 nitrogen and oxygen atoms in total. The summed E-state index contributed by atoms with van der Waals surface area (Å²) in [5.74, 6) is 0. The van der Waals surface area contributed by atoms with Crippen LogP contribution in [0.1, 0.15) is 41.8 Å². The molecule has 14 heavy (non-hydrogen) atoms. The molecule has 1 aromatic heterocycles. The van der Waals surface area contributed by atoms with Gasteiger partial charge in [-0.2, -0.15) is 0 Å². The Labute approximate surface area is 107 Å². The van der Waals surface area contributed by atoms with Gasteiger partial charge in [-0.3, -0.25) is 0 Å². The van der Waals surface area contributed by atoms with Crippen LogP contribution < -0.4 is 0 Å². The minimum atomic E-state index is 0.367. The summed E-state index contributed by atoms with van der Waals surface area (Å²) in [4.78, 5) is 3.25. The summed E-state index contributed by atoms with van der Waals surface area (Å²) in [6, 6.07) is 2.19. The monoisotopic (exact) mass is 338 g/mol. The average molecular weight is 340 g/mol. The highest BCUT2D eigenvalue weighted by Crippen LogP contribution is 2.42. The van der Waals surface area contributed by atoms with Gasteiger partial charge in [0.05, 0.1) is 4.83 Å². The minimum absolute atomic E-state index is 0.367. The molecule has 0 aliphatic rings. The topological polar surface area (TPSA) is 0 Å². The molecular weight excluding hydrogens is 324 g/mol. The predicted octanol–water partition coefficient (Wildman–Crippen LogP) is 5.69. The third kappa shape index (κ3) is 3.67. The fourth-order valence-corrected chi connectivity index (χ4v) is 5.06. The molecule has 0 aliphatic heterocycles. The van der Waals surface area contributed by atoms with Crippen molar-refractivity contribution in [1.29, 1.82) is 0 Å². The number of rotatable bonds is 2. The summed E-state index contributed by atoms with van der Waals surface area (Å²) < 4.78 is 1.24. The zero-order valence-electron chi connectivity index (χ0n) is 9.03. The largest absolute Gasteiger partial charge is 0.143 e. The number of aryl methyl sites for hydroxylation is 1. The number of alkyl halides is 1. The zero-order chi connectivity index (χ0) is 10.9. The molecule has 0 aliphatic carbocycles. The van der Waals surface area contributed by atoms with E-state index in [0.717, 1.165) is 6.42 Å². The summed E-state index contributed by atoms with van der Waals surface area (Å²) in [7, 11) is 0. The lowest BCUT2D eigenvalue weighted by molar-refractivity contribution is 0.378. The van der Waals surface area contributed by atoms with Gasteiger partial charge >= 0.3 is 0 Å². The van der Waals surface area contributed by atoms with E-state index in [-0.39, 0.29) is 0 Å². The fourth-order valence-electron chi connectivity index (χ4n) is 1.35. The van der Waals surface area contributed by atoms with Crippen molar-refractivity contribution in [3.63, 3.8) is 0 Å². The molecule has 0 aromatic carbocycles. The second-order valence-electron chi connectivity index (χ2n) is 4.80. The molecule has 1 heterocycles. The van der Waals surface area contributed by atoms with Gasteiger partial charge in [-0.1, -0.05) is 36.7 Å². The van der Waals surface area contributed by atoms with Crippen molar-refractivity contribution >= 4 is 43.2 Å². The molecule has 0 spiro atoms. The Morgan fingerprint density at radius 1 is 1.43 bits per heavy atom. The van der Waals surface area contributed by atoms with Gasteiger partial charge in [0.1, 0.15) is 0 Å². The first-order valence-corrected chi connectivity index (χ1v) is 7.22. The van der Waals surface area contributed by atoms with Crippen molar-refractivity contribution in [1.82, 2.24) is 0 Å². The zero-order valence-corrected chi connectivity index (χ0v) is 13.0. The van der Waals surface area contributed by atoms with Crippen molar-refractivity contribution in [2.24, 2.45) is 5.41 Å². The summed E-state index contributed by atoms with van der Waals surface area (Å²) >= 11 is 9.24. The van der Waals surface area contributed by atoms with Crippen LogP contribution in [0.3, 0.4) is 0 Å². The van der Waals surface area contributed by atoms with Crippen LogP contribution in [0, 0.1) is 12.3 Å². The molecule has 1 unspecified atom stereocenters. The molecule has 1 aromatic rings. The van der Waals surface area contributed by atoms with Gasteiger partial charge in [0.25, 0.3) is 0 Å². The Balaban J connectivity index is 2.79. The third-order valence-electron chi connectivity index (χ3n) is 1.91. The van der Waals surface area contributed by atoms with Crippen LogP contribution >= 0.6 is 43.2 Å². The Morgan fingerprint density at radius 3 is 2.36 bits per heavy atom. The van der Waals surface area contributed by atoms with E-state index in [9.17, 15) is 0 Å². The first-order chi connectivity index (χ1) is 6.29. The van der Waals surface area contributed by atoms with Gasteiger partial charge in [-0.05, 0) is 40.8 Å². The Morgan fingerprint density at radius 2 is 2.00 bits per heavy atom. The summed E-state index contributed by atoms with van der Waals surface area (Å²) in [6.07, 6.45) is 1.16. The van der Waals surface area contributed by atoms with Crippen LogP contribution in [0.5, 0.6) is 0 Å². The fraction of sp³-hybridized carbons (Fsp3) is 0.636. The minimum Gasteiger partial charge on any atom is -0.143 e. The van der Waals surface area contributed by atoms with E-state index in [0.29, 0.717) is 10.2 Å². The molecule has 0 radical (unpaired) electrons. The molecule has 0 bridgehead atoms. The van der Waals surface area contributed by atoms with Crippen LogP contribution in [0.15, 0.2) is 10.5 Å². The van der Waals surface area contributed by atoms with Crippen LogP contribution in [0.2, 0.25) is 0 Å². The highest BCUT2D eigenvalue weighted by atomic mass is 79.9. The van der Waals surface area contributed by atoms with Crippen LogP contribution in [-0.2, 0) is 0 Å². The SMILES string of the molecule is Cc1cc(Br)c(C(Br)CC(C)(C)C)s1.